The number of amides is 1. The maximum Gasteiger partial charge on any atom is 0.433 e. The van der Waals surface area contributed by atoms with Gasteiger partial charge < -0.3 is 9.73 Å². The summed E-state index contributed by atoms with van der Waals surface area (Å²) in [6, 6.07) is 10.8. The molecule has 27 heavy (non-hydrogen) atoms. The van der Waals surface area contributed by atoms with Crippen LogP contribution in [0.1, 0.15) is 40.6 Å². The number of nitro groups is 1. The van der Waals surface area contributed by atoms with E-state index in [2.05, 4.69) is 33.0 Å². The average molecular weight is 385 g/mol. The van der Waals surface area contributed by atoms with E-state index in [9.17, 15) is 14.9 Å². The van der Waals surface area contributed by atoms with E-state index in [1.165, 1.54) is 28.5 Å². The molecule has 1 aliphatic rings. The minimum Gasteiger partial charge on any atom is -0.395 e. The molecule has 0 aliphatic heterocycles. The molecule has 2 aromatic heterocycles. The summed E-state index contributed by atoms with van der Waals surface area (Å²) < 4.78 is 4.88. The van der Waals surface area contributed by atoms with Crippen molar-refractivity contribution in [3.8, 4) is 0 Å². The molecule has 4 rings (SSSR count). The Kier molecular flexibility index (Phi) is 4.55. The van der Waals surface area contributed by atoms with Crippen molar-refractivity contribution in [2.24, 2.45) is 0 Å². The first kappa shape index (κ1) is 17.2. The third kappa shape index (κ3) is 3.65. The van der Waals surface area contributed by atoms with Crippen LogP contribution in [0.3, 0.4) is 0 Å². The van der Waals surface area contributed by atoms with Crippen LogP contribution >= 0.6 is 11.3 Å². The van der Waals surface area contributed by atoms with Crippen LogP contribution in [0.2, 0.25) is 0 Å². The first-order valence-electron chi connectivity index (χ1n) is 8.33. The molecular formula is C17H15N5O4S. The van der Waals surface area contributed by atoms with E-state index in [0.717, 1.165) is 25.3 Å². The molecule has 0 bridgehead atoms. The van der Waals surface area contributed by atoms with Crippen LogP contribution in [0.4, 0.5) is 16.1 Å². The monoisotopic (exact) mass is 385 g/mol. The number of nitrogens with one attached hydrogen (secondary N) is 2. The van der Waals surface area contributed by atoms with E-state index >= 15 is 0 Å². The Morgan fingerprint density at radius 1 is 1.22 bits per heavy atom. The van der Waals surface area contributed by atoms with Gasteiger partial charge in [-0.15, -0.1) is 10.2 Å². The minimum absolute atomic E-state index is 0.152. The van der Waals surface area contributed by atoms with E-state index in [0.29, 0.717) is 5.13 Å². The van der Waals surface area contributed by atoms with Gasteiger partial charge in [-0.05, 0) is 36.5 Å². The van der Waals surface area contributed by atoms with Crippen molar-refractivity contribution in [3.63, 3.8) is 0 Å². The number of anilines is 2. The summed E-state index contributed by atoms with van der Waals surface area (Å²) >= 11 is 1.20. The SMILES string of the molecule is O=C(Nc1nnc(NC2CCCc3ccccc32)s1)c1ccc([N+](=O)[O-])o1. The predicted molar refractivity (Wildman–Crippen MR) is 99.0 cm³/mol. The zero-order valence-electron chi connectivity index (χ0n) is 14.0. The largest absolute Gasteiger partial charge is 0.433 e. The highest BCUT2D eigenvalue weighted by Gasteiger charge is 2.22. The van der Waals surface area contributed by atoms with Crippen molar-refractivity contribution >= 4 is 33.4 Å². The average Bonchev–Trinajstić information content (AvgIpc) is 3.32. The fourth-order valence-corrected chi connectivity index (χ4v) is 3.78. The summed E-state index contributed by atoms with van der Waals surface area (Å²) in [6.45, 7) is 0. The molecule has 1 amide bonds. The minimum atomic E-state index is -0.703. The number of hydrogen-bond donors (Lipinski definition) is 2. The molecule has 138 valence electrons. The Hall–Kier alpha value is -3.27. The smallest absolute Gasteiger partial charge is 0.395 e. The second-order valence-electron chi connectivity index (χ2n) is 6.05. The third-order valence-electron chi connectivity index (χ3n) is 4.31. The molecule has 9 nitrogen and oxygen atoms in total. The highest BCUT2D eigenvalue weighted by Crippen LogP contribution is 2.33. The number of carbonyl (C=O) groups excluding carboxylic acids is 1. The number of aromatic nitrogens is 2. The second kappa shape index (κ2) is 7.16. The molecular weight excluding hydrogens is 370 g/mol. The van der Waals surface area contributed by atoms with Crippen molar-refractivity contribution in [1.82, 2.24) is 10.2 Å². The zero-order valence-corrected chi connectivity index (χ0v) is 14.9. The number of fused-ring (bicyclic) bond motifs is 1. The lowest BCUT2D eigenvalue weighted by atomic mass is 9.88. The molecule has 0 spiro atoms. The van der Waals surface area contributed by atoms with Crippen LogP contribution in [0.15, 0.2) is 40.8 Å². The lowest BCUT2D eigenvalue weighted by Gasteiger charge is -2.25. The van der Waals surface area contributed by atoms with E-state index in [1.807, 2.05) is 12.1 Å². The van der Waals surface area contributed by atoms with Crippen molar-refractivity contribution in [2.45, 2.75) is 25.3 Å². The molecule has 0 fully saturated rings. The topological polar surface area (TPSA) is 123 Å². The van der Waals surface area contributed by atoms with Crippen LogP contribution in [0.25, 0.3) is 0 Å². The van der Waals surface area contributed by atoms with Gasteiger partial charge in [0.2, 0.25) is 10.3 Å². The van der Waals surface area contributed by atoms with Gasteiger partial charge in [-0.2, -0.15) is 0 Å². The van der Waals surface area contributed by atoms with Gasteiger partial charge in [-0.3, -0.25) is 20.2 Å². The van der Waals surface area contributed by atoms with Crippen LogP contribution in [0.5, 0.6) is 0 Å². The number of benzene rings is 1. The quantitative estimate of drug-likeness (QED) is 0.506. The van der Waals surface area contributed by atoms with Crippen molar-refractivity contribution in [3.05, 3.63) is 63.4 Å². The Morgan fingerprint density at radius 2 is 2.04 bits per heavy atom. The zero-order chi connectivity index (χ0) is 18.8. The summed E-state index contributed by atoms with van der Waals surface area (Å²) in [7, 11) is 0. The molecule has 0 radical (unpaired) electrons. The van der Waals surface area contributed by atoms with Gasteiger partial charge >= 0.3 is 5.88 Å². The molecule has 0 saturated carbocycles. The molecule has 3 aromatic rings. The highest BCUT2D eigenvalue weighted by atomic mass is 32.1. The first-order chi connectivity index (χ1) is 13.1. The fourth-order valence-electron chi connectivity index (χ4n) is 3.09. The molecule has 1 aromatic carbocycles. The summed E-state index contributed by atoms with van der Waals surface area (Å²) in [5.41, 5.74) is 2.59. The Morgan fingerprint density at radius 3 is 2.85 bits per heavy atom. The molecule has 1 atom stereocenters. The van der Waals surface area contributed by atoms with E-state index in [4.69, 9.17) is 4.42 Å². The van der Waals surface area contributed by atoms with Crippen LogP contribution < -0.4 is 10.6 Å². The van der Waals surface area contributed by atoms with E-state index in [-0.39, 0.29) is 16.9 Å². The van der Waals surface area contributed by atoms with Crippen molar-refractivity contribution in [2.75, 3.05) is 10.6 Å². The maximum absolute atomic E-state index is 12.1. The predicted octanol–water partition coefficient (Wildman–Crippen LogP) is 3.78. The number of aryl methyl sites for hydroxylation is 1. The standard InChI is InChI=1S/C17H15N5O4S/c23-15(13-8-9-14(26-13)22(24)25)19-17-21-20-16(27-17)18-12-7-3-5-10-4-1-2-6-11(10)12/h1-2,4,6,8-9,12H,3,5,7H2,(H,18,20)(H,19,21,23). The molecule has 10 heteroatoms. The van der Waals surface area contributed by atoms with Gasteiger partial charge in [0.1, 0.15) is 4.92 Å². The van der Waals surface area contributed by atoms with Gasteiger partial charge in [0, 0.05) is 0 Å². The van der Waals surface area contributed by atoms with Gasteiger partial charge in [-0.25, -0.2) is 0 Å². The summed E-state index contributed by atoms with van der Waals surface area (Å²) in [5.74, 6) is -1.27. The number of nitrogens with zero attached hydrogens (tertiary/aromatic N) is 3. The number of rotatable bonds is 5. The summed E-state index contributed by atoms with van der Waals surface area (Å²) in [5, 5.41) is 25.4. The maximum atomic E-state index is 12.1. The van der Waals surface area contributed by atoms with E-state index in [1.54, 1.807) is 0 Å². The number of carbonyl (C=O) groups is 1. The lowest BCUT2D eigenvalue weighted by molar-refractivity contribution is -0.402. The molecule has 1 unspecified atom stereocenters. The van der Waals surface area contributed by atoms with Crippen LogP contribution in [0, 0.1) is 10.1 Å². The summed E-state index contributed by atoms with van der Waals surface area (Å²) in [6.07, 6.45) is 3.16. The van der Waals surface area contributed by atoms with Crippen molar-refractivity contribution < 1.29 is 14.1 Å². The van der Waals surface area contributed by atoms with Gasteiger partial charge in [-0.1, -0.05) is 35.6 Å². The lowest BCUT2D eigenvalue weighted by Crippen LogP contribution is -2.17. The van der Waals surface area contributed by atoms with Crippen LogP contribution in [-0.4, -0.2) is 21.0 Å². The molecule has 1 aliphatic carbocycles. The molecule has 2 heterocycles. The van der Waals surface area contributed by atoms with Crippen LogP contribution in [-0.2, 0) is 6.42 Å². The first-order valence-corrected chi connectivity index (χ1v) is 9.15. The Bertz CT molecular complexity index is 999. The molecule has 2 N–H and O–H groups in total. The van der Waals surface area contributed by atoms with Gasteiger partial charge in [0.25, 0.3) is 5.91 Å². The highest BCUT2D eigenvalue weighted by molar-refractivity contribution is 7.19. The number of furan rings is 1. The normalized spacial score (nSPS) is 15.8. The van der Waals surface area contributed by atoms with Crippen molar-refractivity contribution in [1.29, 1.82) is 0 Å². The Balaban J connectivity index is 1.43. The third-order valence-corrected chi connectivity index (χ3v) is 5.08. The summed E-state index contributed by atoms with van der Waals surface area (Å²) in [4.78, 5) is 22.0. The van der Waals surface area contributed by atoms with E-state index < -0.39 is 16.7 Å². The number of hydrogen-bond acceptors (Lipinski definition) is 8. The molecule has 0 saturated heterocycles. The van der Waals surface area contributed by atoms with Gasteiger partial charge in [0.15, 0.2) is 5.76 Å². The second-order valence-corrected chi connectivity index (χ2v) is 7.03. The Labute approximate surface area is 157 Å². The van der Waals surface area contributed by atoms with Gasteiger partial charge in [0.05, 0.1) is 12.1 Å². The fraction of sp³-hybridized carbons (Fsp3) is 0.235.